The number of anilines is 1. The summed E-state index contributed by atoms with van der Waals surface area (Å²) in [5.74, 6) is 0.400. The number of nitrogens with zero attached hydrogens (tertiary/aromatic N) is 2. The van der Waals surface area contributed by atoms with Crippen LogP contribution in [0.5, 0.6) is 5.75 Å². The Morgan fingerprint density at radius 1 is 1.08 bits per heavy atom. The van der Waals surface area contributed by atoms with Crippen molar-refractivity contribution in [1.82, 2.24) is 10.2 Å². The molecule has 7 nitrogen and oxygen atoms in total. The number of urea groups is 1. The van der Waals surface area contributed by atoms with Crippen LogP contribution < -0.4 is 15.0 Å². The van der Waals surface area contributed by atoms with E-state index in [4.69, 9.17) is 9.15 Å². The standard InChI is InChI=1S/C17H19N3O4/c1-23-14-6-3-2-5-13(14)19-8-10-20(11-9-19)17(22)18-16(21)15-7-4-12-24-15/h2-7,12H,8-11H2,1H3,(H,18,21,22). The molecule has 1 aliphatic heterocycles. The molecule has 0 bridgehead atoms. The van der Waals surface area contributed by atoms with Crippen molar-refractivity contribution in [2.45, 2.75) is 0 Å². The van der Waals surface area contributed by atoms with Gasteiger partial charge in [0.2, 0.25) is 0 Å². The van der Waals surface area contributed by atoms with Crippen LogP contribution >= 0.6 is 0 Å². The second kappa shape index (κ2) is 7.08. The Morgan fingerprint density at radius 3 is 2.50 bits per heavy atom. The largest absolute Gasteiger partial charge is 0.495 e. The minimum absolute atomic E-state index is 0.121. The minimum Gasteiger partial charge on any atom is -0.495 e. The average Bonchev–Trinajstić information content (AvgIpc) is 3.16. The van der Waals surface area contributed by atoms with Crippen LogP contribution in [0.3, 0.4) is 0 Å². The third-order valence-corrected chi connectivity index (χ3v) is 3.96. The molecule has 1 N–H and O–H groups in total. The van der Waals surface area contributed by atoms with Gasteiger partial charge in [0.05, 0.1) is 19.1 Å². The van der Waals surface area contributed by atoms with Crippen LogP contribution in [0.1, 0.15) is 10.6 Å². The topological polar surface area (TPSA) is 75.0 Å². The van der Waals surface area contributed by atoms with E-state index in [0.29, 0.717) is 26.2 Å². The van der Waals surface area contributed by atoms with Crippen molar-refractivity contribution >= 4 is 17.6 Å². The van der Waals surface area contributed by atoms with E-state index in [0.717, 1.165) is 11.4 Å². The lowest BCUT2D eigenvalue weighted by Gasteiger charge is -2.36. The van der Waals surface area contributed by atoms with Gasteiger partial charge < -0.3 is 19.0 Å². The third-order valence-electron chi connectivity index (χ3n) is 3.96. The Bertz CT molecular complexity index is 706. The summed E-state index contributed by atoms with van der Waals surface area (Å²) in [5, 5.41) is 2.34. The maximum absolute atomic E-state index is 12.2. The van der Waals surface area contributed by atoms with Gasteiger partial charge in [-0.05, 0) is 24.3 Å². The fourth-order valence-corrected chi connectivity index (χ4v) is 2.69. The Balaban J connectivity index is 1.57. The van der Waals surface area contributed by atoms with Crippen molar-refractivity contribution in [1.29, 1.82) is 0 Å². The number of carbonyl (C=O) groups excluding carboxylic acids is 2. The fourth-order valence-electron chi connectivity index (χ4n) is 2.69. The summed E-state index contributed by atoms with van der Waals surface area (Å²) in [5.41, 5.74) is 1.01. The van der Waals surface area contributed by atoms with Gasteiger partial charge in [0.1, 0.15) is 5.75 Å². The van der Waals surface area contributed by atoms with Crippen molar-refractivity contribution in [3.05, 3.63) is 48.4 Å². The predicted octanol–water partition coefficient (Wildman–Crippen LogP) is 1.96. The van der Waals surface area contributed by atoms with Gasteiger partial charge in [-0.25, -0.2) is 4.79 Å². The van der Waals surface area contributed by atoms with Gasteiger partial charge >= 0.3 is 6.03 Å². The fraction of sp³-hybridized carbons (Fsp3) is 0.294. The Morgan fingerprint density at radius 2 is 1.83 bits per heavy atom. The highest BCUT2D eigenvalue weighted by Crippen LogP contribution is 2.28. The number of nitrogens with one attached hydrogen (secondary N) is 1. The summed E-state index contributed by atoms with van der Waals surface area (Å²) in [6, 6.07) is 10.5. The maximum atomic E-state index is 12.2. The summed E-state index contributed by atoms with van der Waals surface area (Å²) in [6.45, 7) is 2.39. The van der Waals surface area contributed by atoms with Gasteiger partial charge in [-0.2, -0.15) is 0 Å². The van der Waals surface area contributed by atoms with Gasteiger partial charge in [-0.15, -0.1) is 0 Å². The highest BCUT2D eigenvalue weighted by atomic mass is 16.5. The first kappa shape index (κ1) is 15.9. The molecule has 24 heavy (non-hydrogen) atoms. The smallest absolute Gasteiger partial charge is 0.324 e. The number of amides is 3. The molecule has 0 atom stereocenters. The predicted molar refractivity (Wildman–Crippen MR) is 88.4 cm³/mol. The van der Waals surface area contributed by atoms with E-state index in [9.17, 15) is 9.59 Å². The normalized spacial score (nSPS) is 14.4. The van der Waals surface area contributed by atoms with E-state index in [1.54, 1.807) is 18.1 Å². The summed E-state index contributed by atoms with van der Waals surface area (Å²) in [4.78, 5) is 27.8. The van der Waals surface area contributed by atoms with Crippen LogP contribution in [-0.2, 0) is 0 Å². The lowest BCUT2D eigenvalue weighted by Crippen LogP contribution is -2.52. The number of methoxy groups -OCH3 is 1. The van der Waals surface area contributed by atoms with Gasteiger partial charge in [0.15, 0.2) is 5.76 Å². The highest BCUT2D eigenvalue weighted by Gasteiger charge is 2.24. The molecule has 1 aromatic heterocycles. The van der Waals surface area contributed by atoms with Gasteiger partial charge in [0, 0.05) is 26.2 Å². The van der Waals surface area contributed by atoms with Crippen LogP contribution in [0.15, 0.2) is 47.1 Å². The number of rotatable bonds is 3. The lowest BCUT2D eigenvalue weighted by atomic mass is 10.2. The second-order valence-electron chi connectivity index (χ2n) is 5.38. The number of furan rings is 1. The Kier molecular flexibility index (Phi) is 4.69. The number of imide groups is 1. The van der Waals surface area contributed by atoms with Crippen LogP contribution in [-0.4, -0.2) is 50.1 Å². The molecule has 126 valence electrons. The molecule has 3 rings (SSSR count). The van der Waals surface area contributed by atoms with Crippen molar-refractivity contribution in [2.75, 3.05) is 38.2 Å². The van der Waals surface area contributed by atoms with Gasteiger partial charge in [-0.3, -0.25) is 10.1 Å². The van der Waals surface area contributed by atoms with Crippen molar-refractivity contribution in [3.8, 4) is 5.75 Å². The SMILES string of the molecule is COc1ccccc1N1CCN(C(=O)NC(=O)c2ccco2)CC1. The number of piperazine rings is 1. The van der Waals surface area contributed by atoms with Crippen LogP contribution in [0, 0.1) is 0 Å². The molecule has 1 aliphatic rings. The molecule has 0 saturated carbocycles. The molecular weight excluding hydrogens is 310 g/mol. The molecule has 7 heteroatoms. The molecule has 1 saturated heterocycles. The molecule has 2 aromatic rings. The molecule has 3 amide bonds. The number of hydrogen-bond donors (Lipinski definition) is 1. The first-order valence-electron chi connectivity index (χ1n) is 7.71. The minimum atomic E-state index is -0.530. The first-order chi connectivity index (χ1) is 11.7. The van der Waals surface area contributed by atoms with Crippen molar-refractivity contribution in [3.63, 3.8) is 0 Å². The molecule has 0 unspecified atom stereocenters. The van der Waals surface area contributed by atoms with E-state index < -0.39 is 11.9 Å². The molecular formula is C17H19N3O4. The van der Waals surface area contributed by atoms with E-state index in [2.05, 4.69) is 10.2 Å². The first-order valence-corrected chi connectivity index (χ1v) is 7.71. The summed E-state index contributed by atoms with van der Waals surface area (Å²) < 4.78 is 10.4. The number of para-hydroxylation sites is 2. The number of benzene rings is 1. The second-order valence-corrected chi connectivity index (χ2v) is 5.38. The summed E-state index contributed by atoms with van der Waals surface area (Å²) in [6.07, 6.45) is 1.39. The van der Waals surface area contributed by atoms with Crippen LogP contribution in [0.4, 0.5) is 10.5 Å². The lowest BCUT2D eigenvalue weighted by molar-refractivity contribution is 0.0923. The van der Waals surface area contributed by atoms with Crippen molar-refractivity contribution in [2.24, 2.45) is 0 Å². The van der Waals surface area contributed by atoms with Crippen LogP contribution in [0.25, 0.3) is 0 Å². The average molecular weight is 329 g/mol. The molecule has 1 fully saturated rings. The van der Waals surface area contributed by atoms with Crippen molar-refractivity contribution < 1.29 is 18.7 Å². The number of ether oxygens (including phenoxy) is 1. The summed E-state index contributed by atoms with van der Waals surface area (Å²) in [7, 11) is 1.64. The van der Waals surface area contributed by atoms with E-state index >= 15 is 0 Å². The molecule has 2 heterocycles. The molecule has 0 aliphatic carbocycles. The zero-order valence-electron chi connectivity index (χ0n) is 13.4. The zero-order valence-corrected chi connectivity index (χ0v) is 13.4. The summed E-state index contributed by atoms with van der Waals surface area (Å²) >= 11 is 0. The Hall–Kier alpha value is -2.96. The number of hydrogen-bond acceptors (Lipinski definition) is 5. The molecule has 0 radical (unpaired) electrons. The zero-order chi connectivity index (χ0) is 16.9. The molecule has 1 aromatic carbocycles. The van der Waals surface area contributed by atoms with Gasteiger partial charge in [0.25, 0.3) is 5.91 Å². The number of carbonyl (C=O) groups is 2. The maximum Gasteiger partial charge on any atom is 0.324 e. The van der Waals surface area contributed by atoms with Gasteiger partial charge in [-0.1, -0.05) is 12.1 Å². The van der Waals surface area contributed by atoms with Crippen LogP contribution in [0.2, 0.25) is 0 Å². The monoisotopic (exact) mass is 329 g/mol. The van der Waals surface area contributed by atoms with E-state index in [1.165, 1.54) is 12.3 Å². The Labute approximate surface area is 139 Å². The molecule has 0 spiro atoms. The quantitative estimate of drug-likeness (QED) is 0.932. The third kappa shape index (κ3) is 3.34. The highest BCUT2D eigenvalue weighted by molar-refractivity contribution is 6.02. The van der Waals surface area contributed by atoms with E-state index in [1.807, 2.05) is 24.3 Å². The van der Waals surface area contributed by atoms with E-state index in [-0.39, 0.29) is 5.76 Å².